The third-order valence-electron chi connectivity index (χ3n) is 3.53. The van der Waals surface area contributed by atoms with E-state index in [-0.39, 0.29) is 16.8 Å². The molecule has 0 radical (unpaired) electrons. The number of anilines is 1. The number of hydrogen-bond acceptors (Lipinski definition) is 4. The number of nitrogens with zero attached hydrogens (tertiary/aromatic N) is 2. The molecule has 0 bridgehead atoms. The van der Waals surface area contributed by atoms with Gasteiger partial charge in [-0.1, -0.05) is 17.7 Å². The summed E-state index contributed by atoms with van der Waals surface area (Å²) in [5, 5.41) is 20.3. The highest BCUT2D eigenvalue weighted by atomic mass is 35.5. The number of nitro groups is 1. The summed E-state index contributed by atoms with van der Waals surface area (Å²) in [4.78, 5) is 23.4. The molecule has 1 aromatic rings. The Morgan fingerprint density at radius 1 is 1.58 bits per heavy atom. The van der Waals surface area contributed by atoms with Gasteiger partial charge in [0.2, 0.25) is 0 Å². The van der Waals surface area contributed by atoms with Gasteiger partial charge in [-0.15, -0.1) is 0 Å². The Balaban J connectivity index is 2.41. The molecular formula is C12H13ClN2O4. The van der Waals surface area contributed by atoms with Crippen molar-refractivity contribution in [3.8, 4) is 0 Å². The monoisotopic (exact) mass is 284 g/mol. The van der Waals surface area contributed by atoms with Gasteiger partial charge in [0.15, 0.2) is 0 Å². The van der Waals surface area contributed by atoms with Gasteiger partial charge in [0.1, 0.15) is 10.7 Å². The van der Waals surface area contributed by atoms with Crippen molar-refractivity contribution in [2.75, 3.05) is 11.4 Å². The summed E-state index contributed by atoms with van der Waals surface area (Å²) < 4.78 is 0. The smallest absolute Gasteiger partial charge is 0.310 e. The van der Waals surface area contributed by atoms with Crippen LogP contribution in [-0.2, 0) is 4.79 Å². The molecule has 1 aliphatic rings. The van der Waals surface area contributed by atoms with E-state index in [1.165, 1.54) is 6.07 Å². The summed E-state index contributed by atoms with van der Waals surface area (Å²) in [6.45, 7) is 2.23. The average Bonchev–Trinajstić information content (AvgIpc) is 2.70. The van der Waals surface area contributed by atoms with Crippen molar-refractivity contribution in [2.24, 2.45) is 5.92 Å². The first kappa shape index (κ1) is 13.6. The molecule has 102 valence electrons. The molecule has 0 saturated carbocycles. The van der Waals surface area contributed by atoms with E-state index in [0.717, 1.165) is 0 Å². The molecule has 2 atom stereocenters. The van der Waals surface area contributed by atoms with E-state index in [1.807, 2.05) is 0 Å². The first-order valence-corrected chi connectivity index (χ1v) is 6.23. The maximum atomic E-state index is 11.1. The maximum Gasteiger partial charge on any atom is 0.310 e. The Bertz CT molecular complexity index is 534. The van der Waals surface area contributed by atoms with Gasteiger partial charge in [-0.2, -0.15) is 0 Å². The van der Waals surface area contributed by atoms with Crippen molar-refractivity contribution in [2.45, 2.75) is 19.4 Å². The van der Waals surface area contributed by atoms with Gasteiger partial charge in [-0.05, 0) is 25.5 Å². The highest BCUT2D eigenvalue weighted by Crippen LogP contribution is 2.39. The molecular weight excluding hydrogens is 272 g/mol. The quantitative estimate of drug-likeness (QED) is 0.681. The third kappa shape index (κ3) is 2.35. The molecule has 1 aliphatic heterocycles. The van der Waals surface area contributed by atoms with E-state index in [1.54, 1.807) is 24.0 Å². The van der Waals surface area contributed by atoms with Crippen LogP contribution in [0.2, 0.25) is 5.02 Å². The molecule has 2 unspecified atom stereocenters. The molecule has 1 heterocycles. The zero-order valence-corrected chi connectivity index (χ0v) is 11.0. The van der Waals surface area contributed by atoms with E-state index in [2.05, 4.69) is 0 Å². The van der Waals surface area contributed by atoms with Crippen LogP contribution in [0.3, 0.4) is 0 Å². The van der Waals surface area contributed by atoms with Gasteiger partial charge in [-0.3, -0.25) is 14.9 Å². The lowest BCUT2D eigenvalue weighted by Crippen LogP contribution is -2.33. The van der Waals surface area contributed by atoms with E-state index < -0.39 is 16.8 Å². The number of carboxylic acid groups (broad SMARTS) is 1. The van der Waals surface area contributed by atoms with E-state index in [9.17, 15) is 14.9 Å². The van der Waals surface area contributed by atoms with Gasteiger partial charge in [-0.25, -0.2) is 0 Å². The predicted molar refractivity (Wildman–Crippen MR) is 70.7 cm³/mol. The van der Waals surface area contributed by atoms with Crippen LogP contribution >= 0.6 is 11.6 Å². The SMILES string of the molecule is CC1C(C(=O)O)CCN1c1cccc(Cl)c1[N+](=O)[O-]. The Labute approximate surface area is 114 Å². The maximum absolute atomic E-state index is 11.1. The summed E-state index contributed by atoms with van der Waals surface area (Å²) in [6.07, 6.45) is 0.472. The fourth-order valence-electron chi connectivity index (χ4n) is 2.53. The van der Waals surface area contributed by atoms with Crippen molar-refractivity contribution in [3.63, 3.8) is 0 Å². The zero-order chi connectivity index (χ0) is 14.2. The number of benzene rings is 1. The van der Waals surface area contributed by atoms with E-state index >= 15 is 0 Å². The number of carboxylic acids is 1. The molecule has 1 fully saturated rings. The van der Waals surface area contributed by atoms with Crippen molar-refractivity contribution in [1.29, 1.82) is 0 Å². The van der Waals surface area contributed by atoms with Gasteiger partial charge < -0.3 is 10.0 Å². The third-order valence-corrected chi connectivity index (χ3v) is 3.83. The number of hydrogen-bond donors (Lipinski definition) is 1. The van der Waals surface area contributed by atoms with Crippen molar-refractivity contribution in [3.05, 3.63) is 33.3 Å². The molecule has 2 rings (SSSR count). The van der Waals surface area contributed by atoms with Crippen molar-refractivity contribution < 1.29 is 14.8 Å². The fourth-order valence-corrected chi connectivity index (χ4v) is 2.76. The number of aliphatic carboxylic acids is 1. The molecule has 6 nitrogen and oxygen atoms in total. The second-order valence-corrected chi connectivity index (χ2v) is 4.94. The van der Waals surface area contributed by atoms with Crippen LogP contribution in [0.15, 0.2) is 18.2 Å². The lowest BCUT2D eigenvalue weighted by atomic mass is 10.0. The van der Waals surface area contributed by atoms with Crippen molar-refractivity contribution in [1.82, 2.24) is 0 Å². The van der Waals surface area contributed by atoms with Crippen LogP contribution in [0.5, 0.6) is 0 Å². The minimum Gasteiger partial charge on any atom is -0.481 e. The zero-order valence-electron chi connectivity index (χ0n) is 10.2. The number of carbonyl (C=O) groups is 1. The van der Waals surface area contributed by atoms with Crippen LogP contribution in [-0.4, -0.2) is 28.6 Å². The molecule has 7 heteroatoms. The van der Waals surface area contributed by atoms with Gasteiger partial charge >= 0.3 is 11.7 Å². The summed E-state index contributed by atoms with van der Waals surface area (Å²) in [6, 6.07) is 4.39. The average molecular weight is 285 g/mol. The number of halogens is 1. The summed E-state index contributed by atoms with van der Waals surface area (Å²) in [5.74, 6) is -1.39. The normalized spacial score (nSPS) is 22.5. The molecule has 19 heavy (non-hydrogen) atoms. The molecule has 1 aromatic carbocycles. The van der Waals surface area contributed by atoms with E-state index in [4.69, 9.17) is 16.7 Å². The highest BCUT2D eigenvalue weighted by Gasteiger charge is 2.38. The first-order chi connectivity index (χ1) is 8.93. The second-order valence-electron chi connectivity index (χ2n) is 4.53. The summed E-state index contributed by atoms with van der Waals surface area (Å²) in [7, 11) is 0. The minimum absolute atomic E-state index is 0.0634. The Morgan fingerprint density at radius 2 is 2.26 bits per heavy atom. The molecule has 0 aliphatic carbocycles. The predicted octanol–water partition coefficient (Wildman–Crippen LogP) is 2.55. The first-order valence-electron chi connectivity index (χ1n) is 5.86. The summed E-state index contributed by atoms with van der Waals surface area (Å²) >= 11 is 5.86. The molecule has 1 N–H and O–H groups in total. The Morgan fingerprint density at radius 3 is 2.79 bits per heavy atom. The Kier molecular flexibility index (Phi) is 3.61. The second kappa shape index (κ2) is 5.05. The van der Waals surface area contributed by atoms with Crippen molar-refractivity contribution >= 4 is 28.9 Å². The molecule has 0 amide bonds. The van der Waals surface area contributed by atoms with Crippen LogP contribution in [0.1, 0.15) is 13.3 Å². The molecule has 0 spiro atoms. The standard InChI is InChI=1S/C12H13ClN2O4/c1-7-8(12(16)17)5-6-14(7)10-4-2-3-9(13)11(10)15(18)19/h2-4,7-8H,5-6H2,1H3,(H,16,17). The topological polar surface area (TPSA) is 83.7 Å². The number of nitro benzene ring substituents is 1. The molecule has 1 saturated heterocycles. The highest BCUT2D eigenvalue weighted by molar-refractivity contribution is 6.33. The van der Waals surface area contributed by atoms with Crippen LogP contribution in [0.25, 0.3) is 0 Å². The lowest BCUT2D eigenvalue weighted by molar-refractivity contribution is -0.384. The van der Waals surface area contributed by atoms with Crippen LogP contribution in [0, 0.1) is 16.0 Å². The Hall–Kier alpha value is -1.82. The number of rotatable bonds is 3. The number of para-hydroxylation sites is 1. The fraction of sp³-hybridized carbons (Fsp3) is 0.417. The largest absolute Gasteiger partial charge is 0.481 e. The van der Waals surface area contributed by atoms with Crippen LogP contribution in [0.4, 0.5) is 11.4 Å². The van der Waals surface area contributed by atoms with Gasteiger partial charge in [0, 0.05) is 12.6 Å². The van der Waals surface area contributed by atoms with Crippen LogP contribution < -0.4 is 4.90 Å². The minimum atomic E-state index is -0.875. The van der Waals surface area contributed by atoms with Gasteiger partial charge in [0.25, 0.3) is 0 Å². The van der Waals surface area contributed by atoms with Gasteiger partial charge in [0.05, 0.1) is 10.8 Å². The lowest BCUT2D eigenvalue weighted by Gasteiger charge is -2.25. The molecule has 0 aromatic heterocycles. The van der Waals surface area contributed by atoms with E-state index in [0.29, 0.717) is 18.7 Å². The summed E-state index contributed by atoms with van der Waals surface area (Å²) in [5.41, 5.74) is 0.218.